The summed E-state index contributed by atoms with van der Waals surface area (Å²) in [4.78, 5) is 13.4. The van der Waals surface area contributed by atoms with Gasteiger partial charge in [-0.25, -0.2) is 0 Å². The number of halogens is 1. The fourth-order valence-corrected chi connectivity index (χ4v) is 1.94. The highest BCUT2D eigenvalue weighted by Gasteiger charge is 2.12. The first-order valence-electron chi connectivity index (χ1n) is 5.30. The lowest BCUT2D eigenvalue weighted by molar-refractivity contribution is -0.115. The summed E-state index contributed by atoms with van der Waals surface area (Å²) in [6, 6.07) is 17.3. The maximum atomic E-state index is 11.7. The summed E-state index contributed by atoms with van der Waals surface area (Å²) in [6.45, 7) is 1.56. The average molecular weight is 290 g/mol. The number of benzene rings is 2. The van der Waals surface area contributed by atoms with Crippen molar-refractivity contribution in [1.29, 1.82) is 0 Å². The highest BCUT2D eigenvalue weighted by atomic mass is 79.9. The van der Waals surface area contributed by atoms with Crippen LogP contribution >= 0.6 is 15.9 Å². The van der Waals surface area contributed by atoms with E-state index in [1.54, 1.807) is 11.8 Å². The summed E-state index contributed by atoms with van der Waals surface area (Å²) >= 11 is 3.38. The third-order valence-electron chi connectivity index (χ3n) is 2.41. The Morgan fingerprint density at radius 1 is 0.941 bits per heavy atom. The van der Waals surface area contributed by atoms with Gasteiger partial charge in [-0.1, -0.05) is 34.1 Å². The van der Waals surface area contributed by atoms with Crippen molar-refractivity contribution in [2.45, 2.75) is 6.92 Å². The van der Waals surface area contributed by atoms with Gasteiger partial charge in [0.25, 0.3) is 0 Å². The number of carbonyl (C=O) groups excluding carboxylic acids is 1. The summed E-state index contributed by atoms with van der Waals surface area (Å²) < 4.78 is 0.998. The molecule has 0 saturated carbocycles. The molecule has 0 fully saturated rings. The number of rotatable bonds is 2. The van der Waals surface area contributed by atoms with Gasteiger partial charge in [0.2, 0.25) is 5.91 Å². The summed E-state index contributed by atoms with van der Waals surface area (Å²) in [5.74, 6) is -0.00137. The van der Waals surface area contributed by atoms with Gasteiger partial charge in [-0.05, 0) is 36.4 Å². The molecule has 0 heterocycles. The van der Waals surface area contributed by atoms with E-state index in [1.165, 1.54) is 0 Å². The smallest absolute Gasteiger partial charge is 0.228 e. The standard InChI is InChI=1S/C14H12BrNO/c1-11(17)16(13-5-3-2-4-6-13)14-9-7-12(15)8-10-14/h2-10H,1H3. The van der Waals surface area contributed by atoms with Crippen LogP contribution in [0.15, 0.2) is 59.1 Å². The minimum atomic E-state index is -0.00137. The summed E-state index contributed by atoms with van der Waals surface area (Å²) in [5, 5.41) is 0. The van der Waals surface area contributed by atoms with Crippen LogP contribution in [-0.2, 0) is 4.79 Å². The Hall–Kier alpha value is -1.61. The normalized spacial score (nSPS) is 10.0. The molecular formula is C14H12BrNO. The van der Waals surface area contributed by atoms with Crippen LogP contribution in [0.1, 0.15) is 6.92 Å². The molecule has 0 saturated heterocycles. The second-order valence-electron chi connectivity index (χ2n) is 3.67. The van der Waals surface area contributed by atoms with Gasteiger partial charge in [-0.2, -0.15) is 0 Å². The lowest BCUT2D eigenvalue weighted by Gasteiger charge is -2.21. The van der Waals surface area contributed by atoms with Crippen LogP contribution in [0.4, 0.5) is 11.4 Å². The van der Waals surface area contributed by atoms with Crippen LogP contribution in [0.25, 0.3) is 0 Å². The topological polar surface area (TPSA) is 20.3 Å². The maximum Gasteiger partial charge on any atom is 0.228 e. The molecule has 86 valence electrons. The van der Waals surface area contributed by atoms with E-state index >= 15 is 0 Å². The Labute approximate surface area is 109 Å². The van der Waals surface area contributed by atoms with Crippen LogP contribution in [0, 0.1) is 0 Å². The minimum absolute atomic E-state index is 0.00137. The molecule has 2 nitrogen and oxygen atoms in total. The maximum absolute atomic E-state index is 11.7. The van der Waals surface area contributed by atoms with E-state index in [1.807, 2.05) is 54.6 Å². The quantitative estimate of drug-likeness (QED) is 0.814. The van der Waals surface area contributed by atoms with Gasteiger partial charge in [-0.3, -0.25) is 9.69 Å². The number of nitrogens with zero attached hydrogens (tertiary/aromatic N) is 1. The highest BCUT2D eigenvalue weighted by molar-refractivity contribution is 9.10. The molecule has 0 unspecified atom stereocenters. The SMILES string of the molecule is CC(=O)N(c1ccccc1)c1ccc(Br)cc1. The van der Waals surface area contributed by atoms with Crippen LogP contribution in [0.5, 0.6) is 0 Å². The summed E-state index contributed by atoms with van der Waals surface area (Å²) in [7, 11) is 0. The van der Waals surface area contributed by atoms with Gasteiger partial charge in [0, 0.05) is 22.8 Å². The summed E-state index contributed by atoms with van der Waals surface area (Å²) in [6.07, 6.45) is 0. The van der Waals surface area contributed by atoms with Gasteiger partial charge in [0.05, 0.1) is 0 Å². The van der Waals surface area contributed by atoms with Crippen LogP contribution in [0.3, 0.4) is 0 Å². The molecule has 0 aliphatic heterocycles. The number of para-hydroxylation sites is 1. The largest absolute Gasteiger partial charge is 0.281 e. The van der Waals surface area contributed by atoms with E-state index in [9.17, 15) is 4.79 Å². The molecule has 0 aliphatic rings. The van der Waals surface area contributed by atoms with Crippen molar-refractivity contribution in [2.24, 2.45) is 0 Å². The van der Waals surface area contributed by atoms with Gasteiger partial charge < -0.3 is 0 Å². The molecule has 1 amide bonds. The fourth-order valence-electron chi connectivity index (χ4n) is 1.68. The van der Waals surface area contributed by atoms with E-state index in [0.717, 1.165) is 15.8 Å². The second-order valence-corrected chi connectivity index (χ2v) is 4.58. The van der Waals surface area contributed by atoms with Crippen molar-refractivity contribution in [1.82, 2.24) is 0 Å². The zero-order valence-electron chi connectivity index (χ0n) is 9.43. The summed E-state index contributed by atoms with van der Waals surface area (Å²) in [5.41, 5.74) is 1.74. The van der Waals surface area contributed by atoms with Gasteiger partial charge in [0.15, 0.2) is 0 Å². The lowest BCUT2D eigenvalue weighted by atomic mass is 10.2. The molecule has 0 bridgehead atoms. The van der Waals surface area contributed by atoms with Gasteiger partial charge in [-0.15, -0.1) is 0 Å². The highest BCUT2D eigenvalue weighted by Crippen LogP contribution is 2.26. The predicted molar refractivity (Wildman–Crippen MR) is 73.4 cm³/mol. The molecule has 17 heavy (non-hydrogen) atoms. The van der Waals surface area contributed by atoms with Crippen LogP contribution in [-0.4, -0.2) is 5.91 Å². The molecular weight excluding hydrogens is 278 g/mol. The Morgan fingerprint density at radius 2 is 1.47 bits per heavy atom. The molecule has 0 aromatic heterocycles. The van der Waals surface area contributed by atoms with E-state index in [-0.39, 0.29) is 5.91 Å². The van der Waals surface area contributed by atoms with Crippen molar-refractivity contribution >= 4 is 33.2 Å². The minimum Gasteiger partial charge on any atom is -0.281 e. The first kappa shape index (κ1) is 11.9. The third kappa shape index (κ3) is 2.74. The first-order valence-corrected chi connectivity index (χ1v) is 6.09. The van der Waals surface area contributed by atoms with E-state index in [0.29, 0.717) is 0 Å². The van der Waals surface area contributed by atoms with E-state index in [4.69, 9.17) is 0 Å². The van der Waals surface area contributed by atoms with Crippen molar-refractivity contribution in [3.05, 3.63) is 59.1 Å². The number of hydrogen-bond donors (Lipinski definition) is 0. The van der Waals surface area contributed by atoms with Crippen molar-refractivity contribution in [3.8, 4) is 0 Å². The van der Waals surface area contributed by atoms with Crippen molar-refractivity contribution in [2.75, 3.05) is 4.90 Å². The van der Waals surface area contributed by atoms with E-state index < -0.39 is 0 Å². The van der Waals surface area contributed by atoms with Crippen LogP contribution < -0.4 is 4.90 Å². The lowest BCUT2D eigenvalue weighted by Crippen LogP contribution is -2.22. The molecule has 3 heteroatoms. The van der Waals surface area contributed by atoms with Gasteiger partial charge in [0.1, 0.15) is 0 Å². The zero-order chi connectivity index (χ0) is 12.3. The molecule has 0 N–H and O–H groups in total. The number of hydrogen-bond acceptors (Lipinski definition) is 1. The fraction of sp³-hybridized carbons (Fsp3) is 0.0714. The molecule has 0 spiro atoms. The third-order valence-corrected chi connectivity index (χ3v) is 2.94. The Kier molecular flexibility index (Phi) is 3.59. The zero-order valence-corrected chi connectivity index (χ0v) is 11.0. The Balaban J connectivity index is 2.43. The molecule has 2 aromatic carbocycles. The number of anilines is 2. The first-order chi connectivity index (χ1) is 8.18. The molecule has 0 radical (unpaired) electrons. The second kappa shape index (κ2) is 5.15. The Bertz CT molecular complexity index is 508. The molecule has 0 aliphatic carbocycles. The average Bonchev–Trinajstić information content (AvgIpc) is 2.33. The molecule has 2 aromatic rings. The molecule has 0 atom stereocenters. The number of amides is 1. The predicted octanol–water partition coefficient (Wildman–Crippen LogP) is 4.13. The molecule has 2 rings (SSSR count). The monoisotopic (exact) mass is 289 g/mol. The number of carbonyl (C=O) groups is 1. The van der Waals surface area contributed by atoms with Gasteiger partial charge >= 0.3 is 0 Å². The van der Waals surface area contributed by atoms with Crippen molar-refractivity contribution in [3.63, 3.8) is 0 Å². The Morgan fingerprint density at radius 3 is 2.00 bits per heavy atom. The van der Waals surface area contributed by atoms with E-state index in [2.05, 4.69) is 15.9 Å². The van der Waals surface area contributed by atoms with Crippen LogP contribution in [0.2, 0.25) is 0 Å². The van der Waals surface area contributed by atoms with Crippen molar-refractivity contribution < 1.29 is 4.79 Å².